The van der Waals surface area contributed by atoms with Crippen molar-refractivity contribution in [3.05, 3.63) is 81.0 Å². The van der Waals surface area contributed by atoms with E-state index >= 15 is 0 Å². The van der Waals surface area contributed by atoms with Crippen molar-refractivity contribution < 1.29 is 12.8 Å². The van der Waals surface area contributed by atoms with E-state index in [1.165, 1.54) is 60.9 Å². The molecule has 1 heterocycles. The lowest BCUT2D eigenvalue weighted by Crippen LogP contribution is -2.26. The first-order chi connectivity index (χ1) is 17.4. The van der Waals surface area contributed by atoms with E-state index in [-0.39, 0.29) is 10.6 Å². The van der Waals surface area contributed by atoms with Crippen molar-refractivity contribution in [1.29, 1.82) is 0 Å². The number of nitrogens with one attached hydrogen (secondary N) is 1. The molecule has 3 aromatic rings. The Morgan fingerprint density at radius 1 is 1.06 bits per heavy atom. The third kappa shape index (κ3) is 7.60. The molecule has 194 valence electrons. The number of halogens is 2. The Bertz CT molecular complexity index is 1200. The van der Waals surface area contributed by atoms with E-state index in [0.717, 1.165) is 38.3 Å². The van der Waals surface area contributed by atoms with E-state index < -0.39 is 15.7 Å². The highest BCUT2D eigenvalue weighted by Gasteiger charge is 2.23. The van der Waals surface area contributed by atoms with Gasteiger partial charge in [-0.3, -0.25) is 0 Å². The second-order valence-corrected chi connectivity index (χ2v) is 13.0. The number of aryl methyl sites for hydroxylation is 1. The maximum atomic E-state index is 14.7. The molecule has 0 unspecified atom stereocenters. The van der Waals surface area contributed by atoms with E-state index in [9.17, 15) is 12.8 Å². The van der Waals surface area contributed by atoms with E-state index in [4.69, 9.17) is 11.6 Å². The number of hydrogen-bond acceptors (Lipinski definition) is 5. The van der Waals surface area contributed by atoms with E-state index in [1.54, 1.807) is 5.38 Å². The second kappa shape index (κ2) is 13.1. The van der Waals surface area contributed by atoms with Crippen LogP contribution in [0.1, 0.15) is 67.0 Å². The third-order valence-corrected chi connectivity index (χ3v) is 10.0. The number of unbranched alkanes of at least 4 members (excludes halogenated alkanes) is 2. The molecule has 1 aliphatic carbocycles. The molecule has 2 aromatic carbocycles. The van der Waals surface area contributed by atoms with Gasteiger partial charge < -0.3 is 5.32 Å². The third-order valence-electron chi connectivity index (χ3n) is 7.08. The predicted octanol–water partition coefficient (Wildman–Crippen LogP) is 7.19. The molecule has 1 aromatic heterocycles. The minimum atomic E-state index is -3.84. The summed E-state index contributed by atoms with van der Waals surface area (Å²) >= 11 is 7.56. The highest BCUT2D eigenvalue weighted by atomic mass is 35.5. The minimum absolute atomic E-state index is 0.304. The van der Waals surface area contributed by atoms with Crippen molar-refractivity contribution in [3.63, 3.8) is 0 Å². The normalized spacial score (nSPS) is 18.4. The molecule has 36 heavy (non-hydrogen) atoms. The summed E-state index contributed by atoms with van der Waals surface area (Å²) in [6.07, 6.45) is 10.2. The number of rotatable bonds is 12. The SMILES string of the molecule is O=S(=O)(Cc1nccs1)c1cc(Cl)c(CCCCCNCC2CCC(c3ccccc3)CC2)cc1F. The molecule has 1 saturated carbocycles. The van der Waals surface area contributed by atoms with Crippen LogP contribution in [0.3, 0.4) is 0 Å². The van der Waals surface area contributed by atoms with Crippen LogP contribution in [0.25, 0.3) is 0 Å². The van der Waals surface area contributed by atoms with E-state index in [0.29, 0.717) is 27.9 Å². The molecule has 0 bridgehead atoms. The van der Waals surface area contributed by atoms with Crippen LogP contribution in [0.4, 0.5) is 4.39 Å². The second-order valence-electron chi connectivity index (χ2n) is 9.70. The summed E-state index contributed by atoms with van der Waals surface area (Å²) in [7, 11) is -3.84. The molecule has 8 heteroatoms. The standard InChI is InChI=1S/C28H34ClFN2O2S2/c29-25-18-27(36(33,34)20-28-32-15-16-35-28)26(30)17-24(25)9-5-2-6-14-31-19-21-10-12-23(13-11-21)22-7-3-1-4-8-22/h1,3-4,7-8,15-18,21,23,31H,2,5-6,9-14,19-20H2. The van der Waals surface area contributed by atoms with Gasteiger partial charge in [0.25, 0.3) is 0 Å². The van der Waals surface area contributed by atoms with Gasteiger partial charge in [0.05, 0.1) is 0 Å². The summed E-state index contributed by atoms with van der Waals surface area (Å²) in [5.74, 6) is 0.414. The topological polar surface area (TPSA) is 59.1 Å². The van der Waals surface area contributed by atoms with Gasteiger partial charge in [0.15, 0.2) is 9.84 Å². The highest BCUT2D eigenvalue weighted by Crippen LogP contribution is 2.35. The first-order valence-corrected chi connectivity index (χ1v) is 15.7. The monoisotopic (exact) mass is 548 g/mol. The zero-order valence-corrected chi connectivity index (χ0v) is 22.9. The Morgan fingerprint density at radius 3 is 2.56 bits per heavy atom. The van der Waals surface area contributed by atoms with Gasteiger partial charge in [-0.15, -0.1) is 11.3 Å². The van der Waals surface area contributed by atoms with Crippen LogP contribution < -0.4 is 5.32 Å². The molecule has 1 fully saturated rings. The van der Waals surface area contributed by atoms with E-state index in [1.807, 2.05) is 0 Å². The van der Waals surface area contributed by atoms with Crippen LogP contribution in [-0.2, 0) is 22.0 Å². The molecule has 0 radical (unpaired) electrons. The maximum absolute atomic E-state index is 14.7. The summed E-state index contributed by atoms with van der Waals surface area (Å²) in [5, 5.41) is 6.05. The average molecular weight is 549 g/mol. The zero-order chi connectivity index (χ0) is 25.4. The maximum Gasteiger partial charge on any atom is 0.187 e. The highest BCUT2D eigenvalue weighted by molar-refractivity contribution is 7.90. The largest absolute Gasteiger partial charge is 0.316 e. The number of thiazole rings is 1. The quantitative estimate of drug-likeness (QED) is 0.243. The summed E-state index contributed by atoms with van der Waals surface area (Å²) in [5.41, 5.74) is 2.14. The summed E-state index contributed by atoms with van der Waals surface area (Å²) < 4.78 is 39.9. The fourth-order valence-corrected chi connectivity index (χ4v) is 7.71. The molecule has 4 rings (SSSR count). The fourth-order valence-electron chi connectivity index (χ4n) is 5.04. The van der Waals surface area contributed by atoms with Crippen LogP contribution in [-0.4, -0.2) is 26.5 Å². The molecule has 0 saturated heterocycles. The van der Waals surface area contributed by atoms with Crippen LogP contribution >= 0.6 is 22.9 Å². The number of hydrogen-bond donors (Lipinski definition) is 1. The number of benzene rings is 2. The molecular weight excluding hydrogens is 515 g/mol. The molecule has 0 spiro atoms. The molecule has 0 aliphatic heterocycles. The number of aromatic nitrogens is 1. The Balaban J connectivity index is 1.13. The molecule has 0 amide bonds. The van der Waals surface area contributed by atoms with Gasteiger partial charge in [0, 0.05) is 16.6 Å². The lowest BCUT2D eigenvalue weighted by molar-refractivity contribution is 0.313. The van der Waals surface area contributed by atoms with Crippen molar-refractivity contribution in [2.24, 2.45) is 5.92 Å². The van der Waals surface area contributed by atoms with Gasteiger partial charge in [0.2, 0.25) is 0 Å². The number of nitrogens with zero attached hydrogens (tertiary/aromatic N) is 1. The smallest absolute Gasteiger partial charge is 0.187 e. The molecular formula is C28H34ClFN2O2S2. The van der Waals surface area contributed by atoms with Crippen molar-refractivity contribution in [1.82, 2.24) is 10.3 Å². The predicted molar refractivity (Wildman–Crippen MR) is 146 cm³/mol. The van der Waals surface area contributed by atoms with Crippen LogP contribution in [0.2, 0.25) is 5.02 Å². The Kier molecular flexibility index (Phi) is 9.94. The van der Waals surface area contributed by atoms with Crippen LogP contribution in [0.15, 0.2) is 58.9 Å². The molecule has 1 N–H and O–H groups in total. The van der Waals surface area contributed by atoms with Gasteiger partial charge in [-0.25, -0.2) is 17.8 Å². The minimum Gasteiger partial charge on any atom is -0.316 e. The Labute approximate surface area is 223 Å². The van der Waals surface area contributed by atoms with Gasteiger partial charge in [-0.05, 0) is 93.1 Å². The van der Waals surface area contributed by atoms with Crippen molar-refractivity contribution in [2.75, 3.05) is 13.1 Å². The lowest BCUT2D eigenvalue weighted by atomic mass is 9.79. The molecule has 4 nitrogen and oxygen atoms in total. The molecule has 0 atom stereocenters. The molecule has 1 aliphatic rings. The van der Waals surface area contributed by atoms with E-state index in [2.05, 4.69) is 40.6 Å². The van der Waals surface area contributed by atoms with Crippen LogP contribution in [0.5, 0.6) is 0 Å². The summed E-state index contributed by atoms with van der Waals surface area (Å²) in [6, 6.07) is 13.4. The number of sulfone groups is 1. The Morgan fingerprint density at radius 2 is 1.83 bits per heavy atom. The first kappa shape index (κ1) is 27.2. The average Bonchev–Trinajstić information content (AvgIpc) is 3.38. The van der Waals surface area contributed by atoms with Crippen molar-refractivity contribution in [3.8, 4) is 0 Å². The fraction of sp³-hybridized carbons (Fsp3) is 0.464. The lowest BCUT2D eigenvalue weighted by Gasteiger charge is -2.29. The summed E-state index contributed by atoms with van der Waals surface area (Å²) in [4.78, 5) is 3.63. The van der Waals surface area contributed by atoms with Gasteiger partial charge in [-0.2, -0.15) is 0 Å². The van der Waals surface area contributed by atoms with Gasteiger partial charge in [-0.1, -0.05) is 48.4 Å². The van der Waals surface area contributed by atoms with Crippen molar-refractivity contribution in [2.45, 2.75) is 67.9 Å². The zero-order valence-electron chi connectivity index (χ0n) is 20.5. The van der Waals surface area contributed by atoms with Gasteiger partial charge in [0.1, 0.15) is 21.5 Å². The van der Waals surface area contributed by atoms with Gasteiger partial charge >= 0.3 is 0 Å². The van der Waals surface area contributed by atoms with Crippen LogP contribution in [0, 0.1) is 11.7 Å². The first-order valence-electron chi connectivity index (χ1n) is 12.8. The summed E-state index contributed by atoms with van der Waals surface area (Å²) in [6.45, 7) is 2.06. The Hall–Kier alpha value is -1.80. The van der Waals surface area contributed by atoms with Crippen molar-refractivity contribution >= 4 is 32.8 Å².